The highest BCUT2D eigenvalue weighted by atomic mass is 32.1. The lowest BCUT2D eigenvalue weighted by molar-refractivity contribution is 0.0925. The molecule has 5 nitrogen and oxygen atoms in total. The largest absolute Gasteiger partial charge is 0.493 e. The number of aryl methyl sites for hydroxylation is 1. The number of rotatable bonds is 3. The number of thiazole rings is 1. The van der Waals surface area contributed by atoms with Gasteiger partial charge >= 0.3 is 0 Å². The summed E-state index contributed by atoms with van der Waals surface area (Å²) in [6, 6.07) is 15.5. The van der Waals surface area contributed by atoms with Crippen LogP contribution in [0.25, 0.3) is 20.8 Å². The predicted octanol–water partition coefficient (Wildman–Crippen LogP) is 4.92. The molecule has 1 aliphatic rings. The van der Waals surface area contributed by atoms with E-state index < -0.39 is 0 Å². The molecule has 0 bridgehead atoms. The third kappa shape index (κ3) is 3.36. The van der Waals surface area contributed by atoms with Crippen LogP contribution in [-0.4, -0.2) is 22.5 Å². The molecule has 4 aromatic rings. The molecule has 1 N–H and O–H groups in total. The molecule has 1 aliphatic heterocycles. The normalized spacial score (nSPS) is 15.6. The van der Waals surface area contributed by atoms with E-state index in [4.69, 9.17) is 9.72 Å². The number of nitrogens with zero attached hydrogens (tertiary/aromatic N) is 2. The first-order chi connectivity index (χ1) is 14.2. The zero-order valence-electron chi connectivity index (χ0n) is 15.9. The minimum Gasteiger partial charge on any atom is -0.493 e. The fraction of sp³-hybridized carbons (Fsp3) is 0.174. The van der Waals surface area contributed by atoms with Crippen LogP contribution in [0.2, 0.25) is 0 Å². The van der Waals surface area contributed by atoms with Crippen molar-refractivity contribution in [2.75, 3.05) is 6.61 Å². The molecule has 6 heteroatoms. The maximum absolute atomic E-state index is 12.9. The van der Waals surface area contributed by atoms with Crippen molar-refractivity contribution in [2.45, 2.75) is 19.4 Å². The molecule has 0 spiro atoms. The Morgan fingerprint density at radius 1 is 1.21 bits per heavy atom. The van der Waals surface area contributed by atoms with Crippen LogP contribution in [0.4, 0.5) is 0 Å². The highest BCUT2D eigenvalue weighted by molar-refractivity contribution is 7.21. The fourth-order valence-electron chi connectivity index (χ4n) is 3.60. The average molecular weight is 401 g/mol. The Balaban J connectivity index is 1.42. The monoisotopic (exact) mass is 401 g/mol. The van der Waals surface area contributed by atoms with Crippen LogP contribution in [0.3, 0.4) is 0 Å². The van der Waals surface area contributed by atoms with Gasteiger partial charge in [-0.3, -0.25) is 9.78 Å². The van der Waals surface area contributed by atoms with Crippen molar-refractivity contribution in [2.24, 2.45) is 0 Å². The van der Waals surface area contributed by atoms with Crippen molar-refractivity contribution in [3.63, 3.8) is 0 Å². The van der Waals surface area contributed by atoms with Crippen LogP contribution in [0.1, 0.15) is 33.9 Å². The zero-order valence-corrected chi connectivity index (χ0v) is 16.7. The zero-order chi connectivity index (χ0) is 19.8. The molecule has 1 atom stereocenters. The number of pyridine rings is 1. The van der Waals surface area contributed by atoms with Crippen molar-refractivity contribution in [1.82, 2.24) is 15.3 Å². The lowest BCUT2D eigenvalue weighted by Gasteiger charge is -2.26. The highest BCUT2D eigenvalue weighted by Gasteiger charge is 2.23. The van der Waals surface area contributed by atoms with Crippen LogP contribution in [0.5, 0.6) is 5.75 Å². The predicted molar refractivity (Wildman–Crippen MR) is 114 cm³/mol. The van der Waals surface area contributed by atoms with Crippen LogP contribution >= 0.6 is 11.3 Å². The van der Waals surface area contributed by atoms with E-state index in [1.165, 1.54) is 0 Å². The molecule has 3 heterocycles. The standard InChI is InChI=1S/C23H19N3O2S/c1-14-8-10-24-13-17(14)23-26-19-7-6-15(12-21(19)29-23)22(27)25-18-9-11-28-20-5-3-2-4-16(18)20/h2-8,10,12-13,18H,9,11H2,1H3,(H,25,27)/t18-/m0/s1. The van der Waals surface area contributed by atoms with Crippen LogP contribution in [0.15, 0.2) is 60.9 Å². The average Bonchev–Trinajstić information content (AvgIpc) is 3.17. The van der Waals surface area contributed by atoms with Gasteiger partial charge in [-0.25, -0.2) is 4.98 Å². The molecular formula is C23H19N3O2S. The van der Waals surface area contributed by atoms with Gasteiger partial charge in [0.2, 0.25) is 0 Å². The topological polar surface area (TPSA) is 64.1 Å². The SMILES string of the molecule is Cc1ccncc1-c1nc2ccc(C(=O)N[C@H]3CCOc4ccccc43)cc2s1. The second-order valence-electron chi connectivity index (χ2n) is 7.09. The van der Waals surface area contributed by atoms with E-state index in [-0.39, 0.29) is 11.9 Å². The number of aromatic nitrogens is 2. The highest BCUT2D eigenvalue weighted by Crippen LogP contribution is 2.33. The van der Waals surface area contributed by atoms with E-state index in [2.05, 4.69) is 10.3 Å². The summed E-state index contributed by atoms with van der Waals surface area (Å²) in [5.41, 5.74) is 4.72. The maximum atomic E-state index is 12.9. The van der Waals surface area contributed by atoms with Gasteiger partial charge in [0.15, 0.2) is 0 Å². The van der Waals surface area contributed by atoms with Gasteiger partial charge in [0.1, 0.15) is 10.8 Å². The molecule has 0 saturated heterocycles. The summed E-state index contributed by atoms with van der Waals surface area (Å²) in [7, 11) is 0. The van der Waals surface area contributed by atoms with Crippen LogP contribution < -0.4 is 10.1 Å². The first-order valence-corrected chi connectivity index (χ1v) is 10.3. The minimum atomic E-state index is -0.0823. The molecule has 2 aromatic carbocycles. The van der Waals surface area contributed by atoms with Gasteiger partial charge in [-0.05, 0) is 42.8 Å². The van der Waals surface area contributed by atoms with Gasteiger partial charge in [0.25, 0.3) is 5.91 Å². The van der Waals surface area contributed by atoms with E-state index >= 15 is 0 Å². The summed E-state index contributed by atoms with van der Waals surface area (Å²) in [5.74, 6) is 0.763. The fourth-order valence-corrected chi connectivity index (χ4v) is 4.68. The van der Waals surface area contributed by atoms with E-state index in [1.54, 1.807) is 17.5 Å². The number of para-hydroxylation sites is 1. The van der Waals surface area contributed by atoms with Gasteiger partial charge in [0.05, 0.1) is 22.9 Å². The number of hydrogen-bond acceptors (Lipinski definition) is 5. The third-order valence-electron chi connectivity index (χ3n) is 5.18. The summed E-state index contributed by atoms with van der Waals surface area (Å²) in [6.07, 6.45) is 4.38. The van der Waals surface area contributed by atoms with E-state index in [0.29, 0.717) is 12.2 Å². The smallest absolute Gasteiger partial charge is 0.251 e. The molecule has 0 unspecified atom stereocenters. The minimum absolute atomic E-state index is 0.0433. The van der Waals surface area contributed by atoms with Gasteiger partial charge in [-0.2, -0.15) is 0 Å². The Morgan fingerprint density at radius 2 is 2.10 bits per heavy atom. The van der Waals surface area contributed by atoms with Gasteiger partial charge < -0.3 is 10.1 Å². The van der Waals surface area contributed by atoms with E-state index in [9.17, 15) is 4.79 Å². The van der Waals surface area contributed by atoms with Gasteiger partial charge in [-0.1, -0.05) is 18.2 Å². The molecule has 2 aromatic heterocycles. The maximum Gasteiger partial charge on any atom is 0.251 e. The first-order valence-electron chi connectivity index (χ1n) is 9.53. The quantitative estimate of drug-likeness (QED) is 0.529. The van der Waals surface area contributed by atoms with Crippen molar-refractivity contribution in [1.29, 1.82) is 0 Å². The van der Waals surface area contributed by atoms with Gasteiger partial charge in [-0.15, -0.1) is 11.3 Å². The number of ether oxygens (including phenoxy) is 1. The molecule has 0 saturated carbocycles. The molecule has 144 valence electrons. The Hall–Kier alpha value is -3.25. The summed E-state index contributed by atoms with van der Waals surface area (Å²) < 4.78 is 6.68. The van der Waals surface area contributed by atoms with E-state index in [0.717, 1.165) is 44.1 Å². The second kappa shape index (κ2) is 7.29. The Kier molecular flexibility index (Phi) is 4.48. The molecule has 1 amide bonds. The Labute approximate surface area is 172 Å². The summed E-state index contributed by atoms with van der Waals surface area (Å²) in [6.45, 7) is 2.65. The molecular weight excluding hydrogens is 382 g/mol. The number of hydrogen-bond donors (Lipinski definition) is 1. The molecule has 0 aliphatic carbocycles. The first kappa shape index (κ1) is 17.8. The number of benzene rings is 2. The molecule has 0 radical (unpaired) electrons. The second-order valence-corrected chi connectivity index (χ2v) is 8.12. The van der Waals surface area contributed by atoms with Crippen molar-refractivity contribution in [3.8, 4) is 16.3 Å². The van der Waals surface area contributed by atoms with Crippen molar-refractivity contribution < 1.29 is 9.53 Å². The molecule has 5 rings (SSSR count). The number of carbonyl (C=O) groups excluding carboxylic acids is 1. The third-order valence-corrected chi connectivity index (χ3v) is 6.24. The Bertz CT molecular complexity index is 1220. The molecule has 29 heavy (non-hydrogen) atoms. The van der Waals surface area contributed by atoms with E-state index in [1.807, 2.05) is 61.7 Å². The van der Waals surface area contributed by atoms with Crippen LogP contribution in [0, 0.1) is 6.92 Å². The summed E-state index contributed by atoms with van der Waals surface area (Å²) >= 11 is 1.58. The lowest BCUT2D eigenvalue weighted by atomic mass is 10.00. The molecule has 0 fully saturated rings. The number of fused-ring (bicyclic) bond motifs is 2. The van der Waals surface area contributed by atoms with Crippen molar-refractivity contribution >= 4 is 27.5 Å². The summed E-state index contributed by atoms with van der Waals surface area (Å²) in [4.78, 5) is 21.9. The number of carbonyl (C=O) groups is 1. The van der Waals surface area contributed by atoms with Crippen molar-refractivity contribution in [3.05, 3.63) is 77.6 Å². The summed E-state index contributed by atoms with van der Waals surface area (Å²) in [5, 5.41) is 4.08. The Morgan fingerprint density at radius 3 is 3.00 bits per heavy atom. The number of amides is 1. The lowest BCUT2D eigenvalue weighted by Crippen LogP contribution is -2.32. The van der Waals surface area contributed by atoms with Crippen LogP contribution in [-0.2, 0) is 0 Å². The van der Waals surface area contributed by atoms with Gasteiger partial charge in [0, 0.05) is 35.5 Å². The number of nitrogens with one attached hydrogen (secondary N) is 1.